The molecule has 1 aromatic heterocycles. The Morgan fingerprint density at radius 2 is 2.18 bits per heavy atom. The summed E-state index contributed by atoms with van der Waals surface area (Å²) in [6.45, 7) is 2.87. The van der Waals surface area contributed by atoms with E-state index in [1.807, 2.05) is 12.1 Å². The van der Waals surface area contributed by atoms with Crippen LogP contribution in [0.2, 0.25) is 0 Å². The summed E-state index contributed by atoms with van der Waals surface area (Å²) in [5, 5.41) is 10.6. The molecule has 1 aromatic rings. The van der Waals surface area contributed by atoms with Crippen LogP contribution in [0.25, 0.3) is 0 Å². The van der Waals surface area contributed by atoms with E-state index in [2.05, 4.69) is 22.9 Å². The van der Waals surface area contributed by atoms with Gasteiger partial charge in [0.15, 0.2) is 0 Å². The molecule has 0 radical (unpaired) electrons. The van der Waals surface area contributed by atoms with Gasteiger partial charge in [0.1, 0.15) is 0 Å². The number of nitrogens with two attached hydrogens (primary N) is 1. The van der Waals surface area contributed by atoms with E-state index < -0.39 is 6.10 Å². The van der Waals surface area contributed by atoms with Gasteiger partial charge in [0.25, 0.3) is 0 Å². The average Bonchev–Trinajstić information content (AvgIpc) is 2.76. The Balaban J connectivity index is 2.17. The Labute approximate surface area is 115 Å². The summed E-state index contributed by atoms with van der Waals surface area (Å²) >= 11 is 5.07. The molecule has 1 saturated carbocycles. The highest BCUT2D eigenvalue weighted by Crippen LogP contribution is 2.48. The summed E-state index contributed by atoms with van der Waals surface area (Å²) in [6.07, 6.45) is 4.04. The van der Waals surface area contributed by atoms with Crippen LogP contribution in [-0.4, -0.2) is 11.7 Å². The van der Waals surface area contributed by atoms with Gasteiger partial charge < -0.3 is 10.8 Å². The van der Waals surface area contributed by atoms with Crippen molar-refractivity contribution in [2.75, 3.05) is 6.54 Å². The van der Waals surface area contributed by atoms with Gasteiger partial charge >= 0.3 is 0 Å². The van der Waals surface area contributed by atoms with Gasteiger partial charge in [0.05, 0.1) is 9.89 Å². The highest BCUT2D eigenvalue weighted by molar-refractivity contribution is 9.11. The lowest BCUT2D eigenvalue weighted by atomic mass is 9.67. The topological polar surface area (TPSA) is 46.2 Å². The van der Waals surface area contributed by atoms with E-state index in [1.165, 1.54) is 12.8 Å². The third-order valence-electron chi connectivity index (χ3n) is 4.12. The highest BCUT2D eigenvalue weighted by atomic mass is 79.9. The molecular formula is C13H20BrNOS. The van der Waals surface area contributed by atoms with E-state index in [9.17, 15) is 5.11 Å². The predicted octanol–water partition coefficient (Wildman–Crippen LogP) is 3.70. The minimum absolute atomic E-state index is 0.100. The quantitative estimate of drug-likeness (QED) is 0.892. The Hall–Kier alpha value is 0.1000. The molecule has 4 heteroatoms. The molecule has 0 saturated heterocycles. The van der Waals surface area contributed by atoms with Crippen molar-refractivity contribution in [1.82, 2.24) is 0 Å². The smallest absolute Gasteiger partial charge is 0.0950 e. The maximum absolute atomic E-state index is 10.6. The Morgan fingerprint density at radius 1 is 1.53 bits per heavy atom. The molecule has 1 unspecified atom stereocenters. The van der Waals surface area contributed by atoms with E-state index >= 15 is 0 Å². The van der Waals surface area contributed by atoms with E-state index in [-0.39, 0.29) is 5.41 Å². The van der Waals surface area contributed by atoms with Crippen molar-refractivity contribution in [3.63, 3.8) is 0 Å². The van der Waals surface area contributed by atoms with E-state index in [0.29, 0.717) is 6.54 Å². The molecule has 1 aliphatic carbocycles. The molecule has 1 atom stereocenters. The molecule has 1 heterocycles. The molecule has 0 bridgehead atoms. The maximum atomic E-state index is 10.6. The second kappa shape index (κ2) is 5.39. The monoisotopic (exact) mass is 317 g/mol. The molecule has 17 heavy (non-hydrogen) atoms. The van der Waals surface area contributed by atoms with Gasteiger partial charge in [0.2, 0.25) is 0 Å². The number of hydrogen-bond acceptors (Lipinski definition) is 3. The van der Waals surface area contributed by atoms with Crippen LogP contribution in [0.4, 0.5) is 0 Å². The molecule has 2 nitrogen and oxygen atoms in total. The summed E-state index contributed by atoms with van der Waals surface area (Å²) in [6, 6.07) is 4.01. The molecule has 0 spiro atoms. The fraction of sp³-hybridized carbons (Fsp3) is 0.692. The van der Waals surface area contributed by atoms with Crippen molar-refractivity contribution in [1.29, 1.82) is 0 Å². The summed E-state index contributed by atoms with van der Waals surface area (Å²) in [7, 11) is 0. The van der Waals surface area contributed by atoms with Gasteiger partial charge in [-0.2, -0.15) is 0 Å². The van der Waals surface area contributed by atoms with Crippen molar-refractivity contribution in [2.45, 2.75) is 38.7 Å². The zero-order valence-electron chi connectivity index (χ0n) is 10.2. The first-order chi connectivity index (χ1) is 8.07. The van der Waals surface area contributed by atoms with E-state index in [4.69, 9.17) is 5.73 Å². The lowest BCUT2D eigenvalue weighted by Crippen LogP contribution is -2.39. The lowest BCUT2D eigenvalue weighted by Gasteiger charge is -2.41. The fourth-order valence-corrected chi connectivity index (χ4v) is 4.26. The number of aliphatic hydroxyl groups excluding tert-OH is 1. The zero-order valence-corrected chi connectivity index (χ0v) is 12.6. The predicted molar refractivity (Wildman–Crippen MR) is 76.1 cm³/mol. The number of thiophene rings is 1. The van der Waals surface area contributed by atoms with Gasteiger partial charge in [-0.15, -0.1) is 11.3 Å². The normalized spacial score (nSPS) is 31.4. The Bertz CT molecular complexity index is 371. The summed E-state index contributed by atoms with van der Waals surface area (Å²) in [5.74, 6) is 0.775. The molecule has 1 fully saturated rings. The third-order valence-corrected chi connectivity index (χ3v) is 5.80. The third kappa shape index (κ3) is 2.75. The van der Waals surface area contributed by atoms with Crippen LogP contribution < -0.4 is 5.73 Å². The van der Waals surface area contributed by atoms with Crippen LogP contribution in [0.1, 0.15) is 43.6 Å². The van der Waals surface area contributed by atoms with Gasteiger partial charge in [0, 0.05) is 16.8 Å². The summed E-state index contributed by atoms with van der Waals surface area (Å²) in [5.41, 5.74) is 5.86. The van der Waals surface area contributed by atoms with E-state index in [0.717, 1.165) is 27.4 Å². The second-order valence-corrected chi connectivity index (χ2v) is 7.79. The average molecular weight is 318 g/mol. The maximum Gasteiger partial charge on any atom is 0.0950 e. The molecule has 0 aromatic carbocycles. The van der Waals surface area contributed by atoms with Crippen molar-refractivity contribution < 1.29 is 5.11 Å². The SMILES string of the molecule is CC1CCC(CN)(C(O)c2ccc(Br)s2)CC1. The number of halogens is 1. The van der Waals surface area contributed by atoms with Crippen molar-refractivity contribution in [2.24, 2.45) is 17.1 Å². The summed E-state index contributed by atoms with van der Waals surface area (Å²) in [4.78, 5) is 1.04. The first-order valence-electron chi connectivity index (χ1n) is 6.21. The second-order valence-electron chi connectivity index (χ2n) is 5.29. The van der Waals surface area contributed by atoms with Crippen LogP contribution in [0.15, 0.2) is 15.9 Å². The molecule has 0 amide bonds. The van der Waals surface area contributed by atoms with Gasteiger partial charge in [-0.1, -0.05) is 19.8 Å². The van der Waals surface area contributed by atoms with Crippen LogP contribution in [0.3, 0.4) is 0 Å². The Morgan fingerprint density at radius 3 is 2.65 bits per heavy atom. The van der Waals surface area contributed by atoms with Crippen LogP contribution in [-0.2, 0) is 0 Å². The minimum Gasteiger partial charge on any atom is -0.387 e. The molecular weight excluding hydrogens is 298 g/mol. The first-order valence-corrected chi connectivity index (χ1v) is 7.82. The summed E-state index contributed by atoms with van der Waals surface area (Å²) < 4.78 is 1.07. The Kier molecular flexibility index (Phi) is 4.29. The van der Waals surface area contributed by atoms with Crippen molar-refractivity contribution in [3.8, 4) is 0 Å². The number of aliphatic hydroxyl groups is 1. The van der Waals surface area contributed by atoms with Crippen LogP contribution >= 0.6 is 27.3 Å². The van der Waals surface area contributed by atoms with Crippen LogP contribution in [0, 0.1) is 11.3 Å². The van der Waals surface area contributed by atoms with Gasteiger partial charge in [-0.05, 0) is 46.8 Å². The van der Waals surface area contributed by atoms with Crippen molar-refractivity contribution in [3.05, 3.63) is 20.8 Å². The van der Waals surface area contributed by atoms with Gasteiger partial charge in [-0.25, -0.2) is 0 Å². The molecule has 3 N–H and O–H groups in total. The highest BCUT2D eigenvalue weighted by Gasteiger charge is 2.40. The minimum atomic E-state index is -0.406. The number of rotatable bonds is 3. The fourth-order valence-electron chi connectivity index (χ4n) is 2.70. The molecule has 1 aliphatic rings. The molecule has 96 valence electrons. The van der Waals surface area contributed by atoms with Crippen LogP contribution in [0.5, 0.6) is 0 Å². The number of hydrogen-bond donors (Lipinski definition) is 2. The molecule has 0 aliphatic heterocycles. The van der Waals surface area contributed by atoms with Gasteiger partial charge in [-0.3, -0.25) is 0 Å². The van der Waals surface area contributed by atoms with Crippen molar-refractivity contribution >= 4 is 27.3 Å². The molecule has 2 rings (SSSR count). The largest absolute Gasteiger partial charge is 0.387 e. The standard InChI is InChI=1S/C13H20BrNOS/c1-9-4-6-13(8-15,7-5-9)12(16)10-2-3-11(14)17-10/h2-3,9,12,16H,4-8,15H2,1H3. The zero-order chi connectivity index (χ0) is 12.5. The lowest BCUT2D eigenvalue weighted by molar-refractivity contribution is -0.00590. The first kappa shape index (κ1) is 13.5. The van der Waals surface area contributed by atoms with E-state index in [1.54, 1.807) is 11.3 Å².